The van der Waals surface area contributed by atoms with Crippen molar-refractivity contribution in [2.75, 3.05) is 26.2 Å². The number of piperidine rings is 1. The van der Waals surface area contributed by atoms with E-state index in [9.17, 15) is 4.79 Å². The van der Waals surface area contributed by atoms with Crippen LogP contribution in [-0.2, 0) is 4.79 Å². The molecule has 1 saturated heterocycles. The van der Waals surface area contributed by atoms with E-state index in [1.54, 1.807) is 0 Å². The minimum Gasteiger partial charge on any atom is -0.357 e. The summed E-state index contributed by atoms with van der Waals surface area (Å²) in [6.45, 7) is 10.6. The highest BCUT2D eigenvalue weighted by molar-refractivity contribution is 5.80. The molecule has 0 spiro atoms. The van der Waals surface area contributed by atoms with E-state index in [1.165, 1.54) is 25.7 Å². The molecule has 138 valence electrons. The Morgan fingerprint density at radius 3 is 2.79 bits per heavy atom. The van der Waals surface area contributed by atoms with E-state index in [4.69, 9.17) is 4.99 Å². The van der Waals surface area contributed by atoms with Crippen molar-refractivity contribution >= 4 is 11.9 Å². The van der Waals surface area contributed by atoms with Crippen LogP contribution >= 0.6 is 0 Å². The van der Waals surface area contributed by atoms with Crippen molar-refractivity contribution in [2.24, 2.45) is 10.4 Å². The van der Waals surface area contributed by atoms with Crippen molar-refractivity contribution in [3.05, 3.63) is 0 Å². The van der Waals surface area contributed by atoms with Gasteiger partial charge in [-0.05, 0) is 50.9 Å². The van der Waals surface area contributed by atoms with Gasteiger partial charge in [-0.2, -0.15) is 0 Å². The number of aliphatic imine (C=N–C) groups is 1. The zero-order valence-corrected chi connectivity index (χ0v) is 15.9. The maximum absolute atomic E-state index is 11.7. The first kappa shape index (κ1) is 19.1. The molecule has 1 amide bonds. The lowest BCUT2D eigenvalue weighted by molar-refractivity contribution is -0.121. The minimum atomic E-state index is 0.186. The number of rotatable bonds is 8. The first-order valence-electron chi connectivity index (χ1n) is 9.89. The first-order valence-corrected chi connectivity index (χ1v) is 9.89. The van der Waals surface area contributed by atoms with Gasteiger partial charge in [-0.1, -0.05) is 20.3 Å². The van der Waals surface area contributed by atoms with Gasteiger partial charge >= 0.3 is 0 Å². The Hall–Kier alpha value is -1.26. The summed E-state index contributed by atoms with van der Waals surface area (Å²) >= 11 is 0. The van der Waals surface area contributed by atoms with E-state index in [0.29, 0.717) is 17.9 Å². The Kier molecular flexibility index (Phi) is 7.38. The Bertz CT molecular complexity index is 429. The van der Waals surface area contributed by atoms with Crippen molar-refractivity contribution < 1.29 is 4.79 Å². The van der Waals surface area contributed by atoms with Crippen LogP contribution in [0.3, 0.4) is 0 Å². The molecule has 0 aromatic heterocycles. The smallest absolute Gasteiger partial charge is 0.220 e. The van der Waals surface area contributed by atoms with E-state index in [0.717, 1.165) is 51.4 Å². The van der Waals surface area contributed by atoms with Gasteiger partial charge in [-0.15, -0.1) is 0 Å². The van der Waals surface area contributed by atoms with Gasteiger partial charge in [0.15, 0.2) is 5.96 Å². The third-order valence-corrected chi connectivity index (χ3v) is 5.03. The second-order valence-electron chi connectivity index (χ2n) is 7.77. The molecule has 0 radical (unpaired) electrons. The zero-order valence-electron chi connectivity index (χ0n) is 15.9. The van der Waals surface area contributed by atoms with Crippen LogP contribution in [0.5, 0.6) is 0 Å². The van der Waals surface area contributed by atoms with Crippen molar-refractivity contribution in [1.82, 2.24) is 15.5 Å². The second kappa shape index (κ2) is 9.28. The number of guanidine groups is 1. The number of likely N-dealkylation sites (tertiary alicyclic amines) is 1. The molecular weight excluding hydrogens is 300 g/mol. The standard InChI is InChI=1S/C19H36N4O/c1-4-11-19(3)12-7-14-23(15-19)18(20-5-2)21-13-6-8-17(24)22-16-9-10-16/h16H,4-15H2,1-3H3,(H,20,21)(H,22,24). The van der Waals surface area contributed by atoms with Crippen LogP contribution in [0.1, 0.15) is 72.1 Å². The maximum Gasteiger partial charge on any atom is 0.220 e. The molecule has 24 heavy (non-hydrogen) atoms. The average Bonchev–Trinajstić information content (AvgIpc) is 3.34. The quantitative estimate of drug-likeness (QED) is 0.407. The van der Waals surface area contributed by atoms with Crippen molar-refractivity contribution in [3.63, 3.8) is 0 Å². The second-order valence-corrected chi connectivity index (χ2v) is 7.77. The van der Waals surface area contributed by atoms with Gasteiger partial charge in [0, 0.05) is 38.6 Å². The monoisotopic (exact) mass is 336 g/mol. The number of carbonyl (C=O) groups is 1. The van der Waals surface area contributed by atoms with Crippen LogP contribution in [0.4, 0.5) is 0 Å². The van der Waals surface area contributed by atoms with E-state index in [2.05, 4.69) is 36.3 Å². The molecule has 0 aromatic rings. The van der Waals surface area contributed by atoms with Crippen molar-refractivity contribution in [2.45, 2.75) is 78.2 Å². The summed E-state index contributed by atoms with van der Waals surface area (Å²) in [6.07, 6.45) is 8.81. The van der Waals surface area contributed by atoms with Gasteiger partial charge < -0.3 is 15.5 Å². The Morgan fingerprint density at radius 1 is 1.33 bits per heavy atom. The van der Waals surface area contributed by atoms with Crippen LogP contribution in [-0.4, -0.2) is 49.0 Å². The maximum atomic E-state index is 11.7. The summed E-state index contributed by atoms with van der Waals surface area (Å²) in [4.78, 5) is 18.9. The van der Waals surface area contributed by atoms with Gasteiger partial charge in [-0.25, -0.2) is 0 Å². The third kappa shape index (κ3) is 6.33. The first-order chi connectivity index (χ1) is 11.6. The molecule has 1 saturated carbocycles. The van der Waals surface area contributed by atoms with E-state index in [-0.39, 0.29) is 5.91 Å². The number of hydrogen-bond donors (Lipinski definition) is 2. The van der Waals surface area contributed by atoms with Crippen LogP contribution in [0.15, 0.2) is 4.99 Å². The van der Waals surface area contributed by atoms with Crippen LogP contribution in [0.25, 0.3) is 0 Å². The Labute approximate surface area is 147 Å². The topological polar surface area (TPSA) is 56.7 Å². The Morgan fingerprint density at radius 2 is 2.12 bits per heavy atom. The van der Waals surface area contributed by atoms with E-state index < -0.39 is 0 Å². The normalized spacial score (nSPS) is 24.8. The molecule has 0 bridgehead atoms. The third-order valence-electron chi connectivity index (χ3n) is 5.03. The minimum absolute atomic E-state index is 0.186. The SMILES string of the molecule is CCCC1(C)CCCN(C(=NCCCC(=O)NC2CC2)NCC)C1. The fourth-order valence-corrected chi connectivity index (χ4v) is 3.68. The molecule has 2 fully saturated rings. The molecule has 2 rings (SSSR count). The lowest BCUT2D eigenvalue weighted by Gasteiger charge is -2.42. The summed E-state index contributed by atoms with van der Waals surface area (Å²) in [5.41, 5.74) is 0.410. The van der Waals surface area contributed by atoms with E-state index >= 15 is 0 Å². The Balaban J connectivity index is 1.81. The molecule has 5 nitrogen and oxygen atoms in total. The van der Waals surface area contributed by atoms with Crippen LogP contribution in [0, 0.1) is 5.41 Å². The summed E-state index contributed by atoms with van der Waals surface area (Å²) in [5, 5.41) is 6.48. The summed E-state index contributed by atoms with van der Waals surface area (Å²) in [6, 6.07) is 0.461. The van der Waals surface area contributed by atoms with Gasteiger partial charge in [0.2, 0.25) is 5.91 Å². The molecule has 1 aliphatic heterocycles. The number of nitrogens with zero attached hydrogens (tertiary/aromatic N) is 2. The average molecular weight is 337 g/mol. The number of carbonyl (C=O) groups excluding carboxylic acids is 1. The molecule has 0 aromatic carbocycles. The lowest BCUT2D eigenvalue weighted by Crippen LogP contribution is -2.49. The fourth-order valence-electron chi connectivity index (χ4n) is 3.68. The number of nitrogens with one attached hydrogen (secondary N) is 2. The molecular formula is C19H36N4O. The van der Waals surface area contributed by atoms with Crippen LogP contribution in [0.2, 0.25) is 0 Å². The predicted octanol–water partition coefficient (Wildman–Crippen LogP) is 2.91. The van der Waals surface area contributed by atoms with Crippen molar-refractivity contribution in [3.8, 4) is 0 Å². The highest BCUT2D eigenvalue weighted by Gasteiger charge is 2.31. The summed E-state index contributed by atoms with van der Waals surface area (Å²) in [7, 11) is 0. The highest BCUT2D eigenvalue weighted by atomic mass is 16.1. The molecule has 1 unspecified atom stereocenters. The van der Waals surface area contributed by atoms with E-state index in [1.807, 2.05) is 0 Å². The van der Waals surface area contributed by atoms with Gasteiger partial charge in [0.05, 0.1) is 0 Å². The van der Waals surface area contributed by atoms with Gasteiger partial charge in [-0.3, -0.25) is 9.79 Å². The molecule has 1 atom stereocenters. The van der Waals surface area contributed by atoms with Crippen molar-refractivity contribution in [1.29, 1.82) is 0 Å². The fraction of sp³-hybridized carbons (Fsp3) is 0.895. The predicted molar refractivity (Wildman–Crippen MR) is 100 cm³/mol. The highest BCUT2D eigenvalue weighted by Crippen LogP contribution is 2.33. The number of hydrogen-bond acceptors (Lipinski definition) is 2. The summed E-state index contributed by atoms with van der Waals surface area (Å²) in [5.74, 6) is 1.22. The molecule has 1 heterocycles. The molecule has 2 aliphatic rings. The van der Waals surface area contributed by atoms with Gasteiger partial charge in [0.25, 0.3) is 0 Å². The number of amides is 1. The van der Waals surface area contributed by atoms with Crippen LogP contribution < -0.4 is 10.6 Å². The zero-order chi connectivity index (χ0) is 17.4. The molecule has 1 aliphatic carbocycles. The molecule has 5 heteroatoms. The largest absolute Gasteiger partial charge is 0.357 e. The van der Waals surface area contributed by atoms with Gasteiger partial charge in [0.1, 0.15) is 0 Å². The lowest BCUT2D eigenvalue weighted by atomic mass is 9.78. The molecule has 2 N–H and O–H groups in total. The summed E-state index contributed by atoms with van der Waals surface area (Å²) < 4.78 is 0.